The first-order valence-electron chi connectivity index (χ1n) is 4.52. The maximum absolute atomic E-state index is 8.75. The third-order valence-corrected chi connectivity index (χ3v) is 2.33. The number of hydrogen-bond donors (Lipinski definition) is 3. The molecule has 0 fully saturated rings. The van der Waals surface area contributed by atoms with Gasteiger partial charge in [0.25, 0.3) is 0 Å². The molecule has 15 heavy (non-hydrogen) atoms. The Morgan fingerprint density at radius 2 is 2.13 bits per heavy atom. The van der Waals surface area contributed by atoms with Gasteiger partial charge in [-0.15, -0.1) is 0 Å². The fourth-order valence-electron chi connectivity index (χ4n) is 1.66. The van der Waals surface area contributed by atoms with Crippen LogP contribution in [0.15, 0.2) is 30.5 Å². The van der Waals surface area contributed by atoms with E-state index in [1.54, 1.807) is 6.20 Å². The van der Waals surface area contributed by atoms with Gasteiger partial charge in [0, 0.05) is 11.6 Å². The van der Waals surface area contributed by atoms with Gasteiger partial charge in [-0.05, 0) is 12.1 Å². The highest BCUT2D eigenvalue weighted by Crippen LogP contribution is 2.22. The van der Waals surface area contributed by atoms with Crippen molar-refractivity contribution in [2.75, 3.05) is 5.48 Å². The number of imidazole rings is 1. The van der Waals surface area contributed by atoms with Crippen LogP contribution in [0, 0.1) is 0 Å². The lowest BCUT2D eigenvalue weighted by Crippen LogP contribution is -1.89. The van der Waals surface area contributed by atoms with Crippen LogP contribution in [0.4, 0.5) is 5.95 Å². The van der Waals surface area contributed by atoms with Gasteiger partial charge in [-0.3, -0.25) is 10.2 Å². The number of pyridine rings is 1. The van der Waals surface area contributed by atoms with E-state index in [2.05, 4.69) is 15.0 Å². The molecule has 3 aromatic rings. The largest absolute Gasteiger partial charge is 0.322 e. The van der Waals surface area contributed by atoms with Gasteiger partial charge in [0.2, 0.25) is 5.95 Å². The van der Waals surface area contributed by atoms with Gasteiger partial charge in [0.15, 0.2) is 0 Å². The maximum Gasteiger partial charge on any atom is 0.225 e. The minimum atomic E-state index is 0.322. The van der Waals surface area contributed by atoms with Crippen molar-refractivity contribution in [2.24, 2.45) is 0 Å². The predicted molar refractivity (Wildman–Crippen MR) is 56.8 cm³/mol. The molecule has 1 aromatic carbocycles. The van der Waals surface area contributed by atoms with E-state index in [-0.39, 0.29) is 0 Å². The van der Waals surface area contributed by atoms with Gasteiger partial charge in [0.05, 0.1) is 11.0 Å². The summed E-state index contributed by atoms with van der Waals surface area (Å²) in [7, 11) is 0. The van der Waals surface area contributed by atoms with Crippen molar-refractivity contribution in [2.45, 2.75) is 0 Å². The van der Waals surface area contributed by atoms with Crippen LogP contribution in [0.3, 0.4) is 0 Å². The summed E-state index contributed by atoms with van der Waals surface area (Å²) in [4.78, 5) is 11.4. The van der Waals surface area contributed by atoms with Gasteiger partial charge >= 0.3 is 0 Å². The summed E-state index contributed by atoms with van der Waals surface area (Å²) >= 11 is 0. The van der Waals surface area contributed by atoms with E-state index in [1.165, 1.54) is 0 Å². The second-order valence-electron chi connectivity index (χ2n) is 3.23. The summed E-state index contributed by atoms with van der Waals surface area (Å²) < 4.78 is 0. The van der Waals surface area contributed by atoms with Gasteiger partial charge in [-0.2, -0.15) is 0 Å². The lowest BCUT2D eigenvalue weighted by atomic mass is 10.2. The van der Waals surface area contributed by atoms with Crippen LogP contribution in [0.2, 0.25) is 0 Å². The van der Waals surface area contributed by atoms with E-state index in [9.17, 15) is 0 Å². The SMILES string of the molecule is ONc1nc2c(ccc3cccnc32)[nH]1. The normalized spacial score (nSPS) is 11.0. The molecule has 0 spiro atoms. The monoisotopic (exact) mass is 200 g/mol. The van der Waals surface area contributed by atoms with Crippen LogP contribution < -0.4 is 5.48 Å². The molecule has 0 saturated carbocycles. The van der Waals surface area contributed by atoms with Crippen molar-refractivity contribution in [3.05, 3.63) is 30.5 Å². The zero-order valence-corrected chi connectivity index (χ0v) is 7.73. The van der Waals surface area contributed by atoms with Crippen molar-refractivity contribution in [3.8, 4) is 0 Å². The van der Waals surface area contributed by atoms with Crippen molar-refractivity contribution < 1.29 is 5.21 Å². The highest BCUT2D eigenvalue weighted by Gasteiger charge is 2.06. The number of aromatic nitrogens is 3. The molecular weight excluding hydrogens is 192 g/mol. The Morgan fingerprint density at radius 3 is 3.00 bits per heavy atom. The molecule has 0 bridgehead atoms. The molecule has 5 heteroatoms. The molecule has 0 aliphatic rings. The summed E-state index contributed by atoms with van der Waals surface area (Å²) in [5.41, 5.74) is 4.41. The molecular formula is C10H8N4O. The Labute approximate surface area is 84.7 Å². The Kier molecular flexibility index (Phi) is 1.60. The highest BCUT2D eigenvalue weighted by atomic mass is 16.5. The fraction of sp³-hybridized carbons (Fsp3) is 0. The first-order chi connectivity index (χ1) is 7.38. The molecule has 2 heterocycles. The summed E-state index contributed by atoms with van der Waals surface area (Å²) in [6, 6.07) is 7.73. The van der Waals surface area contributed by atoms with E-state index in [0.29, 0.717) is 5.95 Å². The Hall–Kier alpha value is -2.14. The second kappa shape index (κ2) is 2.93. The average molecular weight is 200 g/mol. The molecule has 3 N–H and O–H groups in total. The zero-order valence-electron chi connectivity index (χ0n) is 7.73. The second-order valence-corrected chi connectivity index (χ2v) is 3.23. The number of fused-ring (bicyclic) bond motifs is 3. The van der Waals surface area contributed by atoms with E-state index in [1.807, 2.05) is 29.7 Å². The maximum atomic E-state index is 8.75. The minimum absolute atomic E-state index is 0.322. The van der Waals surface area contributed by atoms with E-state index in [0.717, 1.165) is 21.9 Å². The quantitative estimate of drug-likeness (QED) is 0.524. The molecule has 0 amide bonds. The molecule has 0 saturated heterocycles. The first kappa shape index (κ1) is 8.19. The van der Waals surface area contributed by atoms with Gasteiger partial charge < -0.3 is 4.98 Å². The van der Waals surface area contributed by atoms with E-state index >= 15 is 0 Å². The van der Waals surface area contributed by atoms with Gasteiger partial charge in [-0.25, -0.2) is 10.5 Å². The molecule has 0 radical (unpaired) electrons. The van der Waals surface area contributed by atoms with E-state index in [4.69, 9.17) is 5.21 Å². The number of nitrogens with one attached hydrogen (secondary N) is 2. The Morgan fingerprint density at radius 1 is 1.20 bits per heavy atom. The summed E-state index contributed by atoms with van der Waals surface area (Å²) in [5.74, 6) is 0.322. The molecule has 0 aliphatic heterocycles. The summed E-state index contributed by atoms with van der Waals surface area (Å²) in [6.07, 6.45) is 1.72. The number of rotatable bonds is 1. The predicted octanol–water partition coefficient (Wildman–Crippen LogP) is 1.91. The van der Waals surface area contributed by atoms with Crippen LogP contribution in [-0.4, -0.2) is 20.2 Å². The van der Waals surface area contributed by atoms with Crippen molar-refractivity contribution >= 4 is 27.9 Å². The molecule has 3 rings (SSSR count). The van der Waals surface area contributed by atoms with Crippen LogP contribution in [0.5, 0.6) is 0 Å². The average Bonchev–Trinajstić information content (AvgIpc) is 2.72. The Bertz CT molecular complexity index is 631. The molecule has 0 unspecified atom stereocenters. The number of anilines is 1. The molecule has 0 aliphatic carbocycles. The Balaban J connectivity index is 2.47. The van der Waals surface area contributed by atoms with E-state index < -0.39 is 0 Å². The van der Waals surface area contributed by atoms with Crippen LogP contribution in [0.1, 0.15) is 0 Å². The number of benzene rings is 1. The van der Waals surface area contributed by atoms with Crippen molar-refractivity contribution in [3.63, 3.8) is 0 Å². The van der Waals surface area contributed by atoms with Crippen LogP contribution >= 0.6 is 0 Å². The number of nitrogens with zero attached hydrogens (tertiary/aromatic N) is 2. The molecule has 0 atom stereocenters. The van der Waals surface area contributed by atoms with Gasteiger partial charge in [-0.1, -0.05) is 12.1 Å². The standard InChI is InChI=1S/C10H8N4O/c15-14-10-12-7-4-3-6-2-1-5-11-8(6)9(7)13-10/h1-5,15H,(H2,12,13,14). The minimum Gasteiger partial charge on any atom is -0.322 e. The smallest absolute Gasteiger partial charge is 0.225 e. The van der Waals surface area contributed by atoms with Crippen molar-refractivity contribution in [1.29, 1.82) is 0 Å². The van der Waals surface area contributed by atoms with Gasteiger partial charge in [0.1, 0.15) is 5.52 Å². The highest BCUT2D eigenvalue weighted by molar-refractivity contribution is 6.02. The number of H-pyrrole nitrogens is 1. The summed E-state index contributed by atoms with van der Waals surface area (Å²) in [5, 5.41) is 9.78. The lowest BCUT2D eigenvalue weighted by molar-refractivity contribution is 0.383. The number of aromatic amines is 1. The lowest BCUT2D eigenvalue weighted by Gasteiger charge is -1.95. The summed E-state index contributed by atoms with van der Waals surface area (Å²) in [6.45, 7) is 0. The molecule has 2 aromatic heterocycles. The third-order valence-electron chi connectivity index (χ3n) is 2.33. The topological polar surface area (TPSA) is 73.8 Å². The zero-order chi connectivity index (χ0) is 10.3. The first-order valence-corrected chi connectivity index (χ1v) is 4.52. The fourth-order valence-corrected chi connectivity index (χ4v) is 1.66. The third kappa shape index (κ3) is 1.14. The van der Waals surface area contributed by atoms with Crippen molar-refractivity contribution in [1.82, 2.24) is 15.0 Å². The molecule has 5 nitrogen and oxygen atoms in total. The van der Waals surface area contributed by atoms with Crippen LogP contribution in [-0.2, 0) is 0 Å². The number of hydrogen-bond acceptors (Lipinski definition) is 4. The van der Waals surface area contributed by atoms with Crippen LogP contribution in [0.25, 0.3) is 21.9 Å². The molecule has 74 valence electrons.